The van der Waals surface area contributed by atoms with Gasteiger partial charge in [0.15, 0.2) is 5.16 Å². The van der Waals surface area contributed by atoms with E-state index in [-0.39, 0.29) is 11.7 Å². The molecule has 1 aliphatic rings. The Balaban J connectivity index is 1.56. The topological polar surface area (TPSA) is 61.4 Å². The number of thioether (sulfide) groups is 1. The van der Waals surface area contributed by atoms with Crippen LogP contribution in [-0.4, -0.2) is 31.9 Å². The van der Waals surface area contributed by atoms with Crippen molar-refractivity contribution in [3.05, 3.63) is 57.2 Å². The van der Waals surface area contributed by atoms with Gasteiger partial charge in [-0.05, 0) is 36.8 Å². The van der Waals surface area contributed by atoms with E-state index in [0.717, 1.165) is 40.6 Å². The molecule has 0 amide bonds. The summed E-state index contributed by atoms with van der Waals surface area (Å²) in [6.45, 7) is 3.38. The van der Waals surface area contributed by atoms with Crippen molar-refractivity contribution < 1.29 is 4.74 Å². The molecule has 0 unspecified atom stereocenters. The molecule has 0 spiro atoms. The summed E-state index contributed by atoms with van der Waals surface area (Å²) in [4.78, 5) is 13.0. The van der Waals surface area contributed by atoms with Crippen molar-refractivity contribution in [3.63, 3.8) is 0 Å². The van der Waals surface area contributed by atoms with E-state index in [4.69, 9.17) is 4.74 Å². The van der Waals surface area contributed by atoms with Gasteiger partial charge in [-0.3, -0.25) is 13.8 Å². The monoisotopic (exact) mass is 412 g/mol. The maximum Gasteiger partial charge on any atom is 0.272 e. The summed E-state index contributed by atoms with van der Waals surface area (Å²) >= 11 is 3.11. The number of hydrogen-bond acceptors (Lipinski definition) is 6. The summed E-state index contributed by atoms with van der Waals surface area (Å²) in [7, 11) is 0. The summed E-state index contributed by atoms with van der Waals surface area (Å²) in [5.74, 6) is 1.40. The van der Waals surface area contributed by atoms with Gasteiger partial charge in [-0.25, -0.2) is 0 Å². The predicted molar refractivity (Wildman–Crippen MR) is 112 cm³/mol. The van der Waals surface area contributed by atoms with E-state index in [2.05, 4.69) is 41.4 Å². The molecule has 4 aromatic rings. The number of nitrogens with zero attached hydrogens (tertiary/aromatic N) is 4. The van der Waals surface area contributed by atoms with Crippen LogP contribution >= 0.6 is 23.1 Å². The van der Waals surface area contributed by atoms with Crippen molar-refractivity contribution >= 4 is 39.1 Å². The first-order valence-electron chi connectivity index (χ1n) is 9.36. The highest BCUT2D eigenvalue weighted by atomic mass is 32.2. The smallest absolute Gasteiger partial charge is 0.272 e. The quantitative estimate of drug-likeness (QED) is 0.466. The minimum atomic E-state index is -0.00418. The van der Waals surface area contributed by atoms with Crippen LogP contribution in [0.25, 0.3) is 16.0 Å². The zero-order valence-corrected chi connectivity index (χ0v) is 17.1. The van der Waals surface area contributed by atoms with Crippen molar-refractivity contribution in [1.82, 2.24) is 19.2 Å². The molecule has 1 aromatic carbocycles. The van der Waals surface area contributed by atoms with Gasteiger partial charge >= 0.3 is 0 Å². The first-order valence-corrected chi connectivity index (χ1v) is 11.2. The molecule has 28 heavy (non-hydrogen) atoms. The summed E-state index contributed by atoms with van der Waals surface area (Å²) in [5, 5.41) is 11.6. The molecule has 1 saturated heterocycles. The van der Waals surface area contributed by atoms with Crippen LogP contribution in [0.3, 0.4) is 0 Å². The molecular weight excluding hydrogens is 392 g/mol. The second-order valence-electron chi connectivity index (χ2n) is 7.08. The fourth-order valence-electron chi connectivity index (χ4n) is 3.58. The molecule has 144 valence electrons. The van der Waals surface area contributed by atoms with Crippen molar-refractivity contribution in [3.8, 4) is 0 Å². The predicted octanol–water partition coefficient (Wildman–Crippen LogP) is 3.89. The van der Waals surface area contributed by atoms with Gasteiger partial charge < -0.3 is 4.74 Å². The molecule has 1 atom stereocenters. The van der Waals surface area contributed by atoms with Crippen LogP contribution in [0.5, 0.6) is 0 Å². The molecule has 1 aliphatic heterocycles. The number of hydrogen-bond donors (Lipinski definition) is 0. The molecule has 1 fully saturated rings. The van der Waals surface area contributed by atoms with Crippen LogP contribution in [0.2, 0.25) is 0 Å². The number of rotatable bonds is 5. The lowest BCUT2D eigenvalue weighted by molar-refractivity contribution is 0.0969. The lowest BCUT2D eigenvalue weighted by Crippen LogP contribution is -2.28. The number of aryl methyl sites for hydroxylation is 1. The zero-order valence-electron chi connectivity index (χ0n) is 15.5. The third-order valence-corrected chi connectivity index (χ3v) is 6.97. The Hall–Kier alpha value is -2.16. The molecular formula is C20H20N4O2S2. The Labute approximate surface area is 170 Å². The van der Waals surface area contributed by atoms with Gasteiger partial charge in [0.05, 0.1) is 18.2 Å². The maximum atomic E-state index is 13.0. The number of thiophene rings is 1. The number of benzene rings is 1. The van der Waals surface area contributed by atoms with E-state index >= 15 is 0 Å². The Morgan fingerprint density at radius 2 is 2.11 bits per heavy atom. The van der Waals surface area contributed by atoms with Gasteiger partial charge in [0.25, 0.3) is 5.56 Å². The Bertz CT molecular complexity index is 1190. The van der Waals surface area contributed by atoms with E-state index in [0.29, 0.717) is 12.3 Å². The molecule has 5 rings (SSSR count). The molecule has 6 nitrogen and oxygen atoms in total. The first kappa shape index (κ1) is 17.9. The van der Waals surface area contributed by atoms with Gasteiger partial charge in [0.2, 0.25) is 5.78 Å². The van der Waals surface area contributed by atoms with Crippen LogP contribution < -0.4 is 5.56 Å². The third-order valence-electron chi connectivity index (χ3n) is 5.08. The summed E-state index contributed by atoms with van der Waals surface area (Å²) in [6, 6.07) is 10.5. The second-order valence-corrected chi connectivity index (χ2v) is 8.94. The number of ether oxygens (including phenoxy) is 1. The molecule has 0 aliphatic carbocycles. The largest absolute Gasteiger partial charge is 0.376 e. The van der Waals surface area contributed by atoms with Gasteiger partial charge in [0, 0.05) is 12.4 Å². The van der Waals surface area contributed by atoms with Crippen LogP contribution in [-0.2, 0) is 17.0 Å². The van der Waals surface area contributed by atoms with Crippen LogP contribution in [0, 0.1) is 6.92 Å². The van der Waals surface area contributed by atoms with Gasteiger partial charge in [-0.15, -0.1) is 21.5 Å². The lowest BCUT2D eigenvalue weighted by Gasteiger charge is -2.13. The Morgan fingerprint density at radius 3 is 2.89 bits per heavy atom. The standard InChI is InChI=1S/C20H20N4O2S2/c1-13-4-6-14(7-5-13)12-28-20-22-21-19-23(11-15-3-2-9-26-15)18(25)17-16(24(19)20)8-10-27-17/h4-8,10,15H,2-3,9,11-12H2,1H3/t15-/m0/s1. The zero-order chi connectivity index (χ0) is 19.1. The normalized spacial score (nSPS) is 17.1. The second kappa shape index (κ2) is 7.35. The van der Waals surface area contributed by atoms with E-state index in [1.807, 2.05) is 15.8 Å². The van der Waals surface area contributed by atoms with E-state index in [1.165, 1.54) is 22.5 Å². The van der Waals surface area contributed by atoms with Crippen molar-refractivity contribution in [1.29, 1.82) is 0 Å². The van der Waals surface area contributed by atoms with Crippen LogP contribution in [0.4, 0.5) is 0 Å². The van der Waals surface area contributed by atoms with Gasteiger partial charge in [-0.1, -0.05) is 41.6 Å². The maximum absolute atomic E-state index is 13.0. The summed E-state index contributed by atoms with van der Waals surface area (Å²) < 4.78 is 10.2. The fraction of sp³-hybridized carbons (Fsp3) is 0.350. The van der Waals surface area contributed by atoms with E-state index < -0.39 is 0 Å². The fourth-order valence-corrected chi connectivity index (χ4v) is 5.30. The Morgan fingerprint density at radius 1 is 1.25 bits per heavy atom. The van der Waals surface area contributed by atoms with Gasteiger partial charge in [0.1, 0.15) is 4.70 Å². The summed E-state index contributed by atoms with van der Waals surface area (Å²) in [5.41, 5.74) is 3.36. The van der Waals surface area contributed by atoms with Crippen molar-refractivity contribution in [2.45, 2.75) is 43.3 Å². The molecule has 3 aromatic heterocycles. The molecule has 0 saturated carbocycles. The van der Waals surface area contributed by atoms with Crippen LogP contribution in [0.15, 0.2) is 45.7 Å². The first-order chi connectivity index (χ1) is 13.7. The van der Waals surface area contributed by atoms with E-state index in [1.54, 1.807) is 16.3 Å². The highest BCUT2D eigenvalue weighted by Gasteiger charge is 2.22. The molecule has 8 heteroatoms. The third kappa shape index (κ3) is 3.15. The Kier molecular flexibility index (Phi) is 4.70. The highest BCUT2D eigenvalue weighted by Crippen LogP contribution is 2.27. The average molecular weight is 413 g/mol. The molecule has 0 bridgehead atoms. The molecule has 4 heterocycles. The van der Waals surface area contributed by atoms with E-state index in [9.17, 15) is 4.79 Å². The minimum Gasteiger partial charge on any atom is -0.376 e. The highest BCUT2D eigenvalue weighted by molar-refractivity contribution is 7.98. The van der Waals surface area contributed by atoms with Crippen LogP contribution in [0.1, 0.15) is 24.0 Å². The van der Waals surface area contributed by atoms with Gasteiger partial charge in [-0.2, -0.15) is 0 Å². The van der Waals surface area contributed by atoms with Crippen molar-refractivity contribution in [2.75, 3.05) is 6.61 Å². The average Bonchev–Trinajstić information content (AvgIpc) is 3.44. The lowest BCUT2D eigenvalue weighted by atomic mass is 10.2. The molecule has 0 radical (unpaired) electrons. The van der Waals surface area contributed by atoms with Crippen molar-refractivity contribution in [2.24, 2.45) is 0 Å². The number of aromatic nitrogens is 4. The summed E-state index contributed by atoms with van der Waals surface area (Å²) in [6.07, 6.45) is 2.09. The SMILES string of the molecule is Cc1ccc(CSc2nnc3n(C[C@@H]4CCCO4)c(=O)c4sccc4n23)cc1. The number of fused-ring (bicyclic) bond motifs is 3. The minimum absolute atomic E-state index is 0.00418. The molecule has 0 N–H and O–H groups in total.